The van der Waals surface area contributed by atoms with E-state index < -0.39 is 19.1 Å². The minimum absolute atomic E-state index is 0.253. The second-order valence-corrected chi connectivity index (χ2v) is 4.26. The Balaban J connectivity index is 1.89. The van der Waals surface area contributed by atoms with Crippen LogP contribution in [0.15, 0.2) is 0 Å². The summed E-state index contributed by atoms with van der Waals surface area (Å²) < 4.78 is 27.5. The summed E-state index contributed by atoms with van der Waals surface area (Å²) in [5.74, 6) is -1.46. The first-order chi connectivity index (χ1) is 8.12. The third kappa shape index (κ3) is 2.98. The van der Waals surface area contributed by atoms with Crippen molar-refractivity contribution in [3.05, 3.63) is 11.6 Å². The van der Waals surface area contributed by atoms with Crippen LogP contribution in [0.1, 0.15) is 24.5 Å². The van der Waals surface area contributed by atoms with Gasteiger partial charge in [0.2, 0.25) is 0 Å². The topological polar surface area (TPSA) is 63.0 Å². The van der Waals surface area contributed by atoms with Crippen LogP contribution in [0.25, 0.3) is 0 Å². The zero-order valence-electron chi connectivity index (χ0n) is 9.49. The standard InChI is InChI=1S/C10H16F2N4O/c11-10(12,7-17)6-13-5-9-15-14-8-3-1-2-4-16(8)9/h13,17H,1-7H2. The number of aromatic nitrogens is 3. The Morgan fingerprint density at radius 1 is 1.35 bits per heavy atom. The highest BCUT2D eigenvalue weighted by Crippen LogP contribution is 2.14. The first kappa shape index (κ1) is 12.4. The molecule has 0 unspecified atom stereocenters. The van der Waals surface area contributed by atoms with Gasteiger partial charge in [-0.05, 0) is 12.8 Å². The zero-order valence-corrected chi connectivity index (χ0v) is 9.49. The third-order valence-corrected chi connectivity index (χ3v) is 2.83. The molecule has 1 aliphatic rings. The number of nitrogens with zero attached hydrogens (tertiary/aromatic N) is 3. The number of alkyl halides is 2. The quantitative estimate of drug-likeness (QED) is 0.786. The first-order valence-electron chi connectivity index (χ1n) is 5.73. The Kier molecular flexibility index (Phi) is 3.68. The molecule has 0 atom stereocenters. The van der Waals surface area contributed by atoms with Crippen LogP contribution >= 0.6 is 0 Å². The second-order valence-electron chi connectivity index (χ2n) is 4.26. The fraction of sp³-hybridized carbons (Fsp3) is 0.800. The van der Waals surface area contributed by atoms with Gasteiger partial charge >= 0.3 is 0 Å². The van der Waals surface area contributed by atoms with Crippen LogP contribution in [0.3, 0.4) is 0 Å². The highest BCUT2D eigenvalue weighted by atomic mass is 19.3. The van der Waals surface area contributed by atoms with Crippen molar-refractivity contribution in [2.45, 2.75) is 38.3 Å². The Morgan fingerprint density at radius 3 is 2.94 bits per heavy atom. The molecule has 17 heavy (non-hydrogen) atoms. The largest absolute Gasteiger partial charge is 0.390 e. The molecule has 2 N–H and O–H groups in total. The van der Waals surface area contributed by atoms with E-state index in [0.717, 1.165) is 31.6 Å². The summed E-state index contributed by atoms with van der Waals surface area (Å²) in [6.45, 7) is -0.581. The van der Waals surface area contributed by atoms with Gasteiger partial charge in [0.15, 0.2) is 0 Å². The maximum atomic E-state index is 12.8. The van der Waals surface area contributed by atoms with Gasteiger partial charge in [0.05, 0.1) is 13.1 Å². The molecule has 1 aliphatic heterocycles. The molecule has 2 rings (SSSR count). The third-order valence-electron chi connectivity index (χ3n) is 2.83. The lowest BCUT2D eigenvalue weighted by atomic mass is 10.2. The molecular formula is C10H16F2N4O. The Hall–Kier alpha value is -1.08. The van der Waals surface area contributed by atoms with Crippen molar-refractivity contribution in [1.82, 2.24) is 20.1 Å². The van der Waals surface area contributed by atoms with Gasteiger partial charge in [-0.1, -0.05) is 0 Å². The lowest BCUT2D eigenvalue weighted by Crippen LogP contribution is -2.36. The predicted octanol–water partition coefficient (Wildman–Crippen LogP) is 0.332. The summed E-state index contributed by atoms with van der Waals surface area (Å²) in [6.07, 6.45) is 3.08. The molecule has 1 aromatic heterocycles. The van der Waals surface area contributed by atoms with Crippen LogP contribution in [0.2, 0.25) is 0 Å². The molecule has 5 nitrogen and oxygen atoms in total. The van der Waals surface area contributed by atoms with E-state index in [1.54, 1.807) is 0 Å². The van der Waals surface area contributed by atoms with Crippen molar-refractivity contribution in [3.63, 3.8) is 0 Å². The lowest BCUT2D eigenvalue weighted by Gasteiger charge is -2.16. The predicted molar refractivity (Wildman–Crippen MR) is 56.7 cm³/mol. The van der Waals surface area contributed by atoms with E-state index in [2.05, 4.69) is 15.5 Å². The average Bonchev–Trinajstić information content (AvgIpc) is 2.73. The Labute approximate surface area is 97.8 Å². The molecule has 0 aromatic carbocycles. The van der Waals surface area contributed by atoms with Crippen LogP contribution in [0, 0.1) is 0 Å². The van der Waals surface area contributed by atoms with Crippen molar-refractivity contribution in [3.8, 4) is 0 Å². The van der Waals surface area contributed by atoms with Gasteiger partial charge in [0.25, 0.3) is 5.92 Å². The average molecular weight is 246 g/mol. The van der Waals surface area contributed by atoms with Gasteiger partial charge in [-0.15, -0.1) is 10.2 Å². The van der Waals surface area contributed by atoms with Crippen molar-refractivity contribution in [2.75, 3.05) is 13.2 Å². The molecule has 0 saturated heterocycles. The second kappa shape index (κ2) is 5.05. The molecule has 7 heteroatoms. The number of hydrogen-bond acceptors (Lipinski definition) is 4. The monoisotopic (exact) mass is 246 g/mol. The van der Waals surface area contributed by atoms with Crippen LogP contribution in [0.4, 0.5) is 8.78 Å². The Morgan fingerprint density at radius 2 is 2.18 bits per heavy atom. The molecular weight excluding hydrogens is 230 g/mol. The summed E-state index contributed by atoms with van der Waals surface area (Å²) in [5, 5.41) is 19.0. The number of fused-ring (bicyclic) bond motifs is 1. The minimum Gasteiger partial charge on any atom is -0.390 e. The molecule has 0 spiro atoms. The number of aryl methyl sites for hydroxylation is 1. The highest BCUT2D eigenvalue weighted by molar-refractivity contribution is 4.98. The number of halogens is 2. The van der Waals surface area contributed by atoms with Gasteiger partial charge in [-0.2, -0.15) is 0 Å². The fourth-order valence-corrected chi connectivity index (χ4v) is 1.91. The summed E-state index contributed by atoms with van der Waals surface area (Å²) in [6, 6.07) is 0. The maximum Gasteiger partial charge on any atom is 0.282 e. The number of nitrogens with one attached hydrogen (secondary N) is 1. The van der Waals surface area contributed by atoms with E-state index in [-0.39, 0.29) is 6.54 Å². The molecule has 0 aliphatic carbocycles. The van der Waals surface area contributed by atoms with Gasteiger partial charge in [-0.25, -0.2) is 8.78 Å². The van der Waals surface area contributed by atoms with Crippen LogP contribution in [-0.2, 0) is 19.5 Å². The van der Waals surface area contributed by atoms with Crippen LogP contribution < -0.4 is 5.32 Å². The maximum absolute atomic E-state index is 12.8. The van der Waals surface area contributed by atoms with Crippen molar-refractivity contribution in [2.24, 2.45) is 0 Å². The number of aliphatic hydroxyl groups excluding tert-OH is 1. The summed E-state index contributed by atoms with van der Waals surface area (Å²) in [7, 11) is 0. The van der Waals surface area contributed by atoms with Crippen LogP contribution in [0.5, 0.6) is 0 Å². The number of rotatable bonds is 5. The van der Waals surface area contributed by atoms with Gasteiger partial charge in [0, 0.05) is 13.0 Å². The first-order valence-corrected chi connectivity index (χ1v) is 5.73. The van der Waals surface area contributed by atoms with Crippen molar-refractivity contribution >= 4 is 0 Å². The highest BCUT2D eigenvalue weighted by Gasteiger charge is 2.27. The molecule has 0 fully saturated rings. The summed E-state index contributed by atoms with van der Waals surface area (Å²) in [4.78, 5) is 0. The molecule has 0 radical (unpaired) electrons. The van der Waals surface area contributed by atoms with Gasteiger partial charge in [0.1, 0.15) is 18.3 Å². The van der Waals surface area contributed by atoms with E-state index in [9.17, 15) is 8.78 Å². The van der Waals surface area contributed by atoms with Gasteiger partial charge in [-0.3, -0.25) is 0 Å². The molecule has 1 aromatic rings. The number of hydrogen-bond donors (Lipinski definition) is 2. The SMILES string of the molecule is OCC(F)(F)CNCc1nnc2n1CCCC2. The lowest BCUT2D eigenvalue weighted by molar-refractivity contribution is -0.0479. The fourth-order valence-electron chi connectivity index (χ4n) is 1.91. The van der Waals surface area contributed by atoms with Crippen molar-refractivity contribution < 1.29 is 13.9 Å². The number of aliphatic hydroxyl groups is 1. The van der Waals surface area contributed by atoms with E-state index >= 15 is 0 Å². The van der Waals surface area contributed by atoms with E-state index in [1.807, 2.05) is 4.57 Å². The summed E-state index contributed by atoms with van der Waals surface area (Å²) in [5.41, 5.74) is 0. The van der Waals surface area contributed by atoms with E-state index in [0.29, 0.717) is 5.82 Å². The van der Waals surface area contributed by atoms with E-state index in [4.69, 9.17) is 5.11 Å². The van der Waals surface area contributed by atoms with Gasteiger partial charge < -0.3 is 15.0 Å². The zero-order chi connectivity index (χ0) is 12.3. The van der Waals surface area contributed by atoms with Crippen LogP contribution in [-0.4, -0.2) is 38.9 Å². The normalized spacial score (nSPS) is 15.9. The smallest absolute Gasteiger partial charge is 0.282 e. The summed E-state index contributed by atoms with van der Waals surface area (Å²) >= 11 is 0. The van der Waals surface area contributed by atoms with Crippen molar-refractivity contribution in [1.29, 1.82) is 0 Å². The molecule has 0 amide bonds. The Bertz CT molecular complexity index is 380. The molecule has 0 bridgehead atoms. The molecule has 96 valence electrons. The molecule has 2 heterocycles. The molecule has 0 saturated carbocycles. The van der Waals surface area contributed by atoms with E-state index in [1.165, 1.54) is 0 Å². The minimum atomic E-state index is -3.08.